The molecule has 1 saturated carbocycles. The van der Waals surface area contributed by atoms with Crippen LogP contribution in [0.5, 0.6) is 0 Å². The van der Waals surface area contributed by atoms with Crippen molar-refractivity contribution < 1.29 is 19.8 Å². The highest BCUT2D eigenvalue weighted by atomic mass is 32.1. The molecule has 1 saturated heterocycles. The fourth-order valence-corrected chi connectivity index (χ4v) is 5.87. The maximum Gasteiger partial charge on any atom is 0.328 e. The Kier molecular flexibility index (Phi) is 7.45. The Hall–Kier alpha value is -2.18. The number of aliphatic carboxylic acids is 2. The molecule has 0 atom stereocenters. The molecule has 0 amide bonds. The van der Waals surface area contributed by atoms with E-state index >= 15 is 0 Å². The Bertz CT molecular complexity index is 812. The summed E-state index contributed by atoms with van der Waals surface area (Å²) in [5.74, 6) is -2.51. The molecule has 2 fully saturated rings. The standard InChI is InChI=1S/C19H25NS.C4H4O4/c1-5-11-19(12-6-1,20-13-7-2-8-14-20)18-15-16-9-3-4-10-17(16)21-18;5-3(6)1-2-4(7)8/h3-4,9-10,15H,1-2,5-8,11-14H2;1-2H,(H,5,6)(H,7,8)/b;2-1-. The minimum atomic E-state index is -1.26. The number of carboxylic acids is 2. The number of piperidine rings is 1. The van der Waals surface area contributed by atoms with Crippen molar-refractivity contribution in [2.45, 2.75) is 56.9 Å². The highest BCUT2D eigenvalue weighted by Gasteiger charge is 2.41. The van der Waals surface area contributed by atoms with Gasteiger partial charge in [0.2, 0.25) is 0 Å². The van der Waals surface area contributed by atoms with Gasteiger partial charge in [-0.05, 0) is 56.3 Å². The van der Waals surface area contributed by atoms with Crippen molar-refractivity contribution in [1.29, 1.82) is 0 Å². The molecule has 0 bridgehead atoms. The lowest BCUT2D eigenvalue weighted by Crippen LogP contribution is -2.49. The van der Waals surface area contributed by atoms with Gasteiger partial charge in [0.15, 0.2) is 0 Å². The van der Waals surface area contributed by atoms with Crippen molar-refractivity contribution in [3.05, 3.63) is 47.4 Å². The number of rotatable bonds is 4. The maximum absolute atomic E-state index is 9.55. The molecule has 2 N–H and O–H groups in total. The maximum atomic E-state index is 9.55. The quantitative estimate of drug-likeness (QED) is 0.666. The van der Waals surface area contributed by atoms with Crippen LogP contribution in [0.1, 0.15) is 56.2 Å². The molecule has 1 aromatic carbocycles. The lowest BCUT2D eigenvalue weighted by molar-refractivity contribution is -0.134. The van der Waals surface area contributed by atoms with Gasteiger partial charge in [-0.25, -0.2) is 9.59 Å². The summed E-state index contributed by atoms with van der Waals surface area (Å²) in [5, 5.41) is 17.1. The van der Waals surface area contributed by atoms with Crippen molar-refractivity contribution in [3.8, 4) is 0 Å². The van der Waals surface area contributed by atoms with E-state index in [1.54, 1.807) is 4.88 Å². The molecule has 1 aliphatic heterocycles. The highest BCUT2D eigenvalue weighted by Crippen LogP contribution is 2.47. The first-order valence-electron chi connectivity index (χ1n) is 10.4. The summed E-state index contributed by atoms with van der Waals surface area (Å²) in [6, 6.07) is 11.4. The largest absolute Gasteiger partial charge is 0.478 e. The van der Waals surface area contributed by atoms with E-state index in [1.165, 1.54) is 74.5 Å². The number of carbonyl (C=O) groups is 2. The van der Waals surface area contributed by atoms with E-state index in [4.69, 9.17) is 10.2 Å². The first-order chi connectivity index (χ1) is 14.0. The topological polar surface area (TPSA) is 77.8 Å². The second-order valence-corrected chi connectivity index (χ2v) is 8.88. The number of hydrogen-bond donors (Lipinski definition) is 2. The summed E-state index contributed by atoms with van der Waals surface area (Å²) in [6.07, 6.45) is 12.3. The fraction of sp³-hybridized carbons (Fsp3) is 0.478. The minimum absolute atomic E-state index is 0.363. The highest BCUT2D eigenvalue weighted by molar-refractivity contribution is 7.19. The zero-order valence-electron chi connectivity index (χ0n) is 16.7. The molecule has 2 aromatic rings. The summed E-state index contributed by atoms with van der Waals surface area (Å²) in [6.45, 7) is 2.63. The van der Waals surface area contributed by atoms with Gasteiger partial charge in [0.05, 0.1) is 5.54 Å². The number of benzene rings is 1. The van der Waals surface area contributed by atoms with Crippen LogP contribution >= 0.6 is 11.3 Å². The van der Waals surface area contributed by atoms with Crippen LogP contribution in [-0.2, 0) is 15.1 Å². The Labute approximate surface area is 175 Å². The van der Waals surface area contributed by atoms with Gasteiger partial charge in [0.1, 0.15) is 0 Å². The molecule has 0 unspecified atom stereocenters. The Morgan fingerprint density at radius 1 is 0.897 bits per heavy atom. The van der Waals surface area contributed by atoms with Crippen molar-refractivity contribution in [2.24, 2.45) is 0 Å². The summed E-state index contributed by atoms with van der Waals surface area (Å²) < 4.78 is 1.47. The van der Waals surface area contributed by atoms with E-state index in [2.05, 4.69) is 46.6 Å². The smallest absolute Gasteiger partial charge is 0.328 e. The summed E-state index contributed by atoms with van der Waals surface area (Å²) in [5.41, 5.74) is 0.363. The van der Waals surface area contributed by atoms with Gasteiger partial charge in [-0.15, -0.1) is 11.3 Å². The molecule has 1 aliphatic carbocycles. The number of nitrogens with zero attached hydrogens (tertiary/aromatic N) is 1. The Balaban J connectivity index is 0.000000258. The van der Waals surface area contributed by atoms with Crippen LogP contribution in [0.25, 0.3) is 10.1 Å². The lowest BCUT2D eigenvalue weighted by atomic mass is 9.78. The van der Waals surface area contributed by atoms with E-state index in [-0.39, 0.29) is 0 Å². The Morgan fingerprint density at radius 2 is 1.48 bits per heavy atom. The first-order valence-corrected chi connectivity index (χ1v) is 11.2. The molecule has 6 heteroatoms. The van der Waals surface area contributed by atoms with E-state index in [1.807, 2.05) is 0 Å². The van der Waals surface area contributed by atoms with Crippen molar-refractivity contribution in [3.63, 3.8) is 0 Å². The van der Waals surface area contributed by atoms with Crippen molar-refractivity contribution in [1.82, 2.24) is 4.90 Å². The molecule has 29 heavy (non-hydrogen) atoms. The van der Waals surface area contributed by atoms with Crippen molar-refractivity contribution in [2.75, 3.05) is 13.1 Å². The predicted molar refractivity (Wildman–Crippen MR) is 116 cm³/mol. The van der Waals surface area contributed by atoms with E-state index in [9.17, 15) is 9.59 Å². The molecular weight excluding hydrogens is 386 g/mol. The number of carboxylic acid groups (broad SMARTS) is 2. The van der Waals surface area contributed by atoms with Gasteiger partial charge in [0, 0.05) is 21.7 Å². The molecule has 5 nitrogen and oxygen atoms in total. The third-order valence-corrected chi connectivity index (χ3v) is 7.20. The first kappa shape index (κ1) is 21.5. The molecule has 4 rings (SSSR count). The summed E-state index contributed by atoms with van der Waals surface area (Å²) in [7, 11) is 0. The number of hydrogen-bond acceptors (Lipinski definition) is 4. The SMILES string of the molecule is O=C(O)/C=C\C(=O)O.c1ccc2sc(C3(N4CCCCC4)CCCCC3)cc2c1. The van der Waals surface area contributed by atoms with Crippen LogP contribution < -0.4 is 0 Å². The van der Waals surface area contributed by atoms with E-state index < -0.39 is 11.9 Å². The molecule has 0 radical (unpaired) electrons. The third kappa shape index (κ3) is 5.46. The van der Waals surface area contributed by atoms with Crippen LogP contribution in [0.15, 0.2) is 42.5 Å². The van der Waals surface area contributed by atoms with E-state index in [0.29, 0.717) is 17.7 Å². The molecule has 2 aliphatic rings. The number of fused-ring (bicyclic) bond motifs is 1. The average molecular weight is 416 g/mol. The normalized spacial score (nSPS) is 19.6. The minimum Gasteiger partial charge on any atom is -0.478 e. The van der Waals surface area contributed by atoms with Crippen LogP contribution in [0.3, 0.4) is 0 Å². The van der Waals surface area contributed by atoms with Crippen molar-refractivity contribution >= 4 is 33.4 Å². The molecule has 2 heterocycles. The monoisotopic (exact) mass is 415 g/mol. The zero-order chi connectivity index (χ0) is 20.7. The fourth-order valence-electron chi connectivity index (χ4n) is 4.53. The molecule has 0 spiro atoms. The van der Waals surface area contributed by atoms with Crippen LogP contribution in [-0.4, -0.2) is 40.1 Å². The molecule has 1 aromatic heterocycles. The molecular formula is C23H29NO4S. The van der Waals surface area contributed by atoms with Gasteiger partial charge in [0.25, 0.3) is 0 Å². The van der Waals surface area contributed by atoms with Gasteiger partial charge in [-0.2, -0.15) is 0 Å². The zero-order valence-corrected chi connectivity index (χ0v) is 17.5. The van der Waals surface area contributed by atoms with E-state index in [0.717, 1.165) is 0 Å². The van der Waals surface area contributed by atoms with Crippen LogP contribution in [0.2, 0.25) is 0 Å². The summed E-state index contributed by atoms with van der Waals surface area (Å²) in [4.78, 5) is 23.6. The lowest BCUT2D eigenvalue weighted by Gasteiger charge is -2.48. The van der Waals surface area contributed by atoms with Gasteiger partial charge < -0.3 is 10.2 Å². The number of thiophene rings is 1. The van der Waals surface area contributed by atoms with Crippen LogP contribution in [0.4, 0.5) is 0 Å². The molecule has 156 valence electrons. The van der Waals surface area contributed by atoms with Gasteiger partial charge in [-0.1, -0.05) is 43.9 Å². The van der Waals surface area contributed by atoms with Gasteiger partial charge >= 0.3 is 11.9 Å². The van der Waals surface area contributed by atoms with Gasteiger partial charge in [-0.3, -0.25) is 4.90 Å². The second kappa shape index (κ2) is 10.0. The second-order valence-electron chi connectivity index (χ2n) is 7.80. The Morgan fingerprint density at radius 3 is 2.07 bits per heavy atom. The average Bonchev–Trinajstić information content (AvgIpc) is 3.19. The summed E-state index contributed by atoms with van der Waals surface area (Å²) >= 11 is 2.05. The predicted octanol–water partition coefficient (Wildman–Crippen LogP) is 5.26. The third-order valence-electron chi connectivity index (χ3n) is 5.89. The number of likely N-dealkylation sites (tertiary alicyclic amines) is 1. The van der Waals surface area contributed by atoms with Crippen LogP contribution in [0, 0.1) is 0 Å².